The molecule has 1 N–H and O–H groups in total. The van der Waals surface area contributed by atoms with Crippen LogP contribution in [0.15, 0.2) is 48.8 Å². The van der Waals surface area contributed by atoms with Crippen molar-refractivity contribution in [3.8, 4) is 11.1 Å². The number of carbonyl (C=O) groups excluding carboxylic acids is 1. The first kappa shape index (κ1) is 12.4. The van der Waals surface area contributed by atoms with E-state index in [0.717, 1.165) is 22.0 Å². The van der Waals surface area contributed by atoms with Gasteiger partial charge in [-0.25, -0.2) is 4.79 Å². The van der Waals surface area contributed by atoms with E-state index in [1.54, 1.807) is 19.3 Å². The second kappa shape index (κ2) is 5.17. The van der Waals surface area contributed by atoms with Crippen molar-refractivity contribution in [3.63, 3.8) is 0 Å². The SMILES string of the molecule is CCOC(=O)c1[nH]c2ccccc2c1-c1ccncc1. The third kappa shape index (κ3) is 2.05. The lowest BCUT2D eigenvalue weighted by atomic mass is 10.0. The number of hydrogen-bond acceptors (Lipinski definition) is 3. The highest BCUT2D eigenvalue weighted by Gasteiger charge is 2.19. The molecule has 4 heteroatoms. The lowest BCUT2D eigenvalue weighted by Crippen LogP contribution is -2.06. The Morgan fingerprint density at radius 3 is 2.70 bits per heavy atom. The molecule has 0 aliphatic carbocycles. The standard InChI is InChI=1S/C16H14N2O2/c1-2-20-16(19)15-14(11-7-9-17-10-8-11)12-5-3-4-6-13(12)18-15/h3-10,18H,2H2,1H3. The molecule has 0 amide bonds. The van der Waals surface area contributed by atoms with Gasteiger partial charge in [-0.05, 0) is 30.7 Å². The summed E-state index contributed by atoms with van der Waals surface area (Å²) >= 11 is 0. The number of ether oxygens (including phenoxy) is 1. The molecule has 2 aromatic heterocycles. The highest BCUT2D eigenvalue weighted by atomic mass is 16.5. The van der Waals surface area contributed by atoms with E-state index in [1.807, 2.05) is 36.4 Å². The van der Waals surface area contributed by atoms with Gasteiger partial charge in [-0.1, -0.05) is 18.2 Å². The van der Waals surface area contributed by atoms with Gasteiger partial charge in [-0.3, -0.25) is 4.98 Å². The molecule has 0 spiro atoms. The number of H-pyrrole nitrogens is 1. The topological polar surface area (TPSA) is 55.0 Å². The summed E-state index contributed by atoms with van der Waals surface area (Å²) in [6.07, 6.45) is 3.43. The number of carbonyl (C=O) groups is 1. The van der Waals surface area contributed by atoms with Crippen LogP contribution in [-0.2, 0) is 4.74 Å². The third-order valence-electron chi connectivity index (χ3n) is 3.15. The first-order valence-corrected chi connectivity index (χ1v) is 6.49. The van der Waals surface area contributed by atoms with Gasteiger partial charge in [0.05, 0.1) is 6.61 Å². The van der Waals surface area contributed by atoms with Gasteiger partial charge in [-0.15, -0.1) is 0 Å². The van der Waals surface area contributed by atoms with Crippen LogP contribution in [0.25, 0.3) is 22.0 Å². The van der Waals surface area contributed by atoms with Crippen LogP contribution in [0.1, 0.15) is 17.4 Å². The number of esters is 1. The fourth-order valence-electron chi connectivity index (χ4n) is 2.32. The largest absolute Gasteiger partial charge is 0.461 e. The number of nitrogens with zero attached hydrogens (tertiary/aromatic N) is 1. The lowest BCUT2D eigenvalue weighted by Gasteiger charge is -2.04. The van der Waals surface area contributed by atoms with Crippen LogP contribution in [0, 0.1) is 0 Å². The van der Waals surface area contributed by atoms with Gasteiger partial charge in [0.25, 0.3) is 0 Å². The molecule has 3 rings (SSSR count). The minimum atomic E-state index is -0.337. The number of nitrogens with one attached hydrogen (secondary N) is 1. The van der Waals surface area contributed by atoms with Gasteiger partial charge in [0.2, 0.25) is 0 Å². The Balaban J connectivity index is 2.26. The molecule has 100 valence electrons. The summed E-state index contributed by atoms with van der Waals surface area (Å²) in [5.74, 6) is -0.337. The molecule has 1 aromatic carbocycles. The van der Waals surface area contributed by atoms with Crippen LogP contribution in [0.5, 0.6) is 0 Å². The predicted molar refractivity (Wildman–Crippen MR) is 77.5 cm³/mol. The molecule has 0 fully saturated rings. The van der Waals surface area contributed by atoms with Gasteiger partial charge in [-0.2, -0.15) is 0 Å². The number of para-hydroxylation sites is 1. The Morgan fingerprint density at radius 2 is 1.95 bits per heavy atom. The zero-order valence-electron chi connectivity index (χ0n) is 11.1. The Kier molecular flexibility index (Phi) is 3.21. The summed E-state index contributed by atoms with van der Waals surface area (Å²) in [4.78, 5) is 19.3. The van der Waals surface area contributed by atoms with Crippen LogP contribution in [0.3, 0.4) is 0 Å². The minimum Gasteiger partial charge on any atom is -0.461 e. The highest BCUT2D eigenvalue weighted by molar-refractivity contribution is 6.07. The first-order chi connectivity index (χ1) is 9.81. The molecular formula is C16H14N2O2. The van der Waals surface area contributed by atoms with Crippen LogP contribution < -0.4 is 0 Å². The van der Waals surface area contributed by atoms with Gasteiger partial charge in [0.1, 0.15) is 5.69 Å². The molecule has 0 unspecified atom stereocenters. The molecule has 2 heterocycles. The molecule has 0 atom stereocenters. The van der Waals surface area contributed by atoms with E-state index in [-0.39, 0.29) is 5.97 Å². The summed E-state index contributed by atoms with van der Waals surface area (Å²) in [5, 5.41) is 1.00. The van der Waals surface area contributed by atoms with Gasteiger partial charge in [0.15, 0.2) is 0 Å². The van der Waals surface area contributed by atoms with E-state index >= 15 is 0 Å². The van der Waals surface area contributed by atoms with Crippen molar-refractivity contribution in [2.75, 3.05) is 6.61 Å². The maximum Gasteiger partial charge on any atom is 0.355 e. The smallest absolute Gasteiger partial charge is 0.355 e. The second-order valence-electron chi connectivity index (χ2n) is 4.38. The van der Waals surface area contributed by atoms with Gasteiger partial charge < -0.3 is 9.72 Å². The molecule has 0 radical (unpaired) electrons. The van der Waals surface area contributed by atoms with Gasteiger partial charge >= 0.3 is 5.97 Å². The van der Waals surface area contributed by atoms with E-state index in [2.05, 4.69) is 9.97 Å². The fraction of sp³-hybridized carbons (Fsp3) is 0.125. The molecular weight excluding hydrogens is 252 g/mol. The van der Waals surface area contributed by atoms with Crippen molar-refractivity contribution in [1.82, 2.24) is 9.97 Å². The average Bonchev–Trinajstić information content (AvgIpc) is 2.88. The van der Waals surface area contributed by atoms with E-state index < -0.39 is 0 Å². The normalized spacial score (nSPS) is 10.7. The predicted octanol–water partition coefficient (Wildman–Crippen LogP) is 3.41. The summed E-state index contributed by atoms with van der Waals surface area (Å²) in [6, 6.07) is 11.6. The van der Waals surface area contributed by atoms with Crippen molar-refractivity contribution in [2.24, 2.45) is 0 Å². The summed E-state index contributed by atoms with van der Waals surface area (Å²) in [5.41, 5.74) is 3.21. The second-order valence-corrected chi connectivity index (χ2v) is 4.38. The Hall–Kier alpha value is -2.62. The minimum absolute atomic E-state index is 0.337. The number of fused-ring (bicyclic) bond motifs is 1. The Labute approximate surface area is 116 Å². The number of aromatic nitrogens is 2. The average molecular weight is 266 g/mol. The highest BCUT2D eigenvalue weighted by Crippen LogP contribution is 2.32. The van der Waals surface area contributed by atoms with Crippen LogP contribution in [-0.4, -0.2) is 22.5 Å². The summed E-state index contributed by atoms with van der Waals surface area (Å²) in [6.45, 7) is 2.15. The van der Waals surface area contributed by atoms with E-state index in [4.69, 9.17) is 4.74 Å². The molecule has 3 aromatic rings. The Bertz CT molecular complexity index is 748. The van der Waals surface area contributed by atoms with E-state index in [0.29, 0.717) is 12.3 Å². The first-order valence-electron chi connectivity index (χ1n) is 6.49. The molecule has 0 bridgehead atoms. The van der Waals surface area contributed by atoms with Crippen LogP contribution in [0.2, 0.25) is 0 Å². The maximum absolute atomic E-state index is 12.1. The number of hydrogen-bond donors (Lipinski definition) is 1. The molecule has 4 nitrogen and oxygen atoms in total. The quantitative estimate of drug-likeness (QED) is 0.739. The molecule has 0 saturated heterocycles. The number of aromatic amines is 1. The summed E-state index contributed by atoms with van der Waals surface area (Å²) in [7, 11) is 0. The Morgan fingerprint density at radius 1 is 1.20 bits per heavy atom. The zero-order valence-corrected chi connectivity index (χ0v) is 11.1. The molecule has 0 saturated carbocycles. The fourth-order valence-corrected chi connectivity index (χ4v) is 2.32. The zero-order chi connectivity index (χ0) is 13.9. The van der Waals surface area contributed by atoms with Crippen LogP contribution in [0.4, 0.5) is 0 Å². The molecule has 20 heavy (non-hydrogen) atoms. The van der Waals surface area contributed by atoms with Crippen molar-refractivity contribution in [1.29, 1.82) is 0 Å². The lowest BCUT2D eigenvalue weighted by molar-refractivity contribution is 0.0521. The van der Waals surface area contributed by atoms with E-state index in [1.165, 1.54) is 0 Å². The number of benzene rings is 1. The van der Waals surface area contributed by atoms with Crippen molar-refractivity contribution in [3.05, 3.63) is 54.5 Å². The summed E-state index contributed by atoms with van der Waals surface area (Å²) < 4.78 is 5.13. The van der Waals surface area contributed by atoms with Crippen molar-refractivity contribution in [2.45, 2.75) is 6.92 Å². The van der Waals surface area contributed by atoms with Gasteiger partial charge in [0, 0.05) is 28.9 Å². The number of rotatable bonds is 3. The molecule has 0 aliphatic heterocycles. The van der Waals surface area contributed by atoms with Crippen molar-refractivity contribution < 1.29 is 9.53 Å². The van der Waals surface area contributed by atoms with Crippen molar-refractivity contribution >= 4 is 16.9 Å². The maximum atomic E-state index is 12.1. The van der Waals surface area contributed by atoms with E-state index in [9.17, 15) is 4.79 Å². The molecule has 0 aliphatic rings. The van der Waals surface area contributed by atoms with Crippen LogP contribution >= 0.6 is 0 Å². The third-order valence-corrected chi connectivity index (χ3v) is 3.15. The number of pyridine rings is 1. The monoisotopic (exact) mass is 266 g/mol.